The number of thiophene rings is 1. The summed E-state index contributed by atoms with van der Waals surface area (Å²) < 4.78 is 5.12. The summed E-state index contributed by atoms with van der Waals surface area (Å²) in [4.78, 5) is 24.9. The summed E-state index contributed by atoms with van der Waals surface area (Å²) in [6.07, 6.45) is -0.914. The fourth-order valence-electron chi connectivity index (χ4n) is 1.73. The lowest BCUT2D eigenvalue weighted by Gasteiger charge is -2.14. The van der Waals surface area contributed by atoms with Crippen LogP contribution in [0.2, 0.25) is 5.02 Å². The Kier molecular flexibility index (Phi) is 5.41. The summed E-state index contributed by atoms with van der Waals surface area (Å²) in [6, 6.07) is 8.28. The monoisotopic (exact) mass is 338 g/mol. The van der Waals surface area contributed by atoms with Crippen LogP contribution in [-0.4, -0.2) is 18.0 Å². The number of halogens is 1. The molecule has 0 saturated heterocycles. The Morgan fingerprint density at radius 2 is 2.18 bits per heavy atom. The highest BCUT2D eigenvalue weighted by Crippen LogP contribution is 2.19. The molecule has 1 atom stereocenters. The van der Waals surface area contributed by atoms with E-state index in [9.17, 15) is 9.59 Å². The first kappa shape index (κ1) is 16.3. The molecule has 0 radical (unpaired) electrons. The first-order chi connectivity index (χ1) is 10.5. The van der Waals surface area contributed by atoms with Gasteiger partial charge in [0.05, 0.1) is 12.1 Å². The fraction of sp³-hybridized carbons (Fsp3) is 0.200. The Hall–Kier alpha value is -2.05. The zero-order valence-corrected chi connectivity index (χ0v) is 13.4. The van der Waals surface area contributed by atoms with Crippen LogP contribution in [0.3, 0.4) is 0 Å². The lowest BCUT2D eigenvalue weighted by molar-refractivity contribution is -0.129. The van der Waals surface area contributed by atoms with Crippen LogP contribution in [0.5, 0.6) is 0 Å². The van der Waals surface area contributed by atoms with Gasteiger partial charge >= 0.3 is 5.97 Å². The molecule has 1 heterocycles. The molecule has 0 spiro atoms. The molecule has 0 aliphatic heterocycles. The summed E-state index contributed by atoms with van der Waals surface area (Å²) in [5.41, 5.74) is 6.11. The van der Waals surface area contributed by atoms with Crippen molar-refractivity contribution in [3.8, 4) is 0 Å². The van der Waals surface area contributed by atoms with Gasteiger partial charge in [0.1, 0.15) is 0 Å². The summed E-state index contributed by atoms with van der Waals surface area (Å²) in [6.45, 7) is 1.91. The van der Waals surface area contributed by atoms with E-state index in [1.807, 2.05) is 17.5 Å². The maximum Gasteiger partial charge on any atom is 0.341 e. The number of amides is 1. The number of carbonyl (C=O) groups is 2. The molecule has 2 aromatic rings. The number of nitrogen functional groups attached to an aromatic ring is 1. The van der Waals surface area contributed by atoms with E-state index in [-0.39, 0.29) is 17.2 Å². The number of carbonyl (C=O) groups excluding carboxylic acids is 2. The van der Waals surface area contributed by atoms with Crippen molar-refractivity contribution in [1.29, 1.82) is 0 Å². The third-order valence-electron chi connectivity index (χ3n) is 2.90. The van der Waals surface area contributed by atoms with Crippen molar-refractivity contribution in [2.45, 2.75) is 19.6 Å². The quantitative estimate of drug-likeness (QED) is 0.648. The van der Waals surface area contributed by atoms with Gasteiger partial charge in [-0.1, -0.05) is 17.7 Å². The zero-order valence-electron chi connectivity index (χ0n) is 11.8. The van der Waals surface area contributed by atoms with Crippen LogP contribution in [-0.2, 0) is 16.1 Å². The fourth-order valence-corrected chi connectivity index (χ4v) is 2.55. The van der Waals surface area contributed by atoms with Crippen LogP contribution in [0, 0.1) is 0 Å². The topological polar surface area (TPSA) is 81.4 Å². The third kappa shape index (κ3) is 4.22. The molecule has 0 bridgehead atoms. The second-order valence-electron chi connectivity index (χ2n) is 4.58. The van der Waals surface area contributed by atoms with Crippen LogP contribution < -0.4 is 11.1 Å². The van der Waals surface area contributed by atoms with E-state index < -0.39 is 12.1 Å². The van der Waals surface area contributed by atoms with E-state index in [0.29, 0.717) is 11.6 Å². The van der Waals surface area contributed by atoms with E-state index in [1.54, 1.807) is 0 Å². The summed E-state index contributed by atoms with van der Waals surface area (Å²) in [7, 11) is 0. The van der Waals surface area contributed by atoms with Crippen molar-refractivity contribution in [3.63, 3.8) is 0 Å². The van der Waals surface area contributed by atoms with E-state index in [2.05, 4.69) is 5.32 Å². The van der Waals surface area contributed by atoms with Gasteiger partial charge in [0.2, 0.25) is 0 Å². The number of anilines is 1. The van der Waals surface area contributed by atoms with Gasteiger partial charge in [-0.05, 0) is 36.6 Å². The molecule has 7 heteroatoms. The molecule has 0 aliphatic carbocycles. The maximum absolute atomic E-state index is 12.0. The number of rotatable bonds is 5. The van der Waals surface area contributed by atoms with Crippen LogP contribution in [0.4, 0.5) is 5.69 Å². The number of hydrogen-bond acceptors (Lipinski definition) is 5. The normalized spacial score (nSPS) is 11.7. The van der Waals surface area contributed by atoms with E-state index >= 15 is 0 Å². The number of benzene rings is 1. The van der Waals surface area contributed by atoms with Gasteiger partial charge in [-0.25, -0.2) is 4.79 Å². The molecule has 22 heavy (non-hydrogen) atoms. The minimum Gasteiger partial charge on any atom is -0.449 e. The second kappa shape index (κ2) is 7.29. The number of esters is 1. The van der Waals surface area contributed by atoms with E-state index in [4.69, 9.17) is 22.1 Å². The average molecular weight is 339 g/mol. The van der Waals surface area contributed by atoms with Crippen LogP contribution in [0.15, 0.2) is 35.7 Å². The molecule has 0 aliphatic rings. The van der Waals surface area contributed by atoms with E-state index in [0.717, 1.165) is 4.88 Å². The highest BCUT2D eigenvalue weighted by Gasteiger charge is 2.20. The standard InChI is InChI=1S/C15H15ClN2O3S/c1-9(14(19)18-8-11-3-2-6-22-11)21-15(20)12-5-4-10(16)7-13(12)17/h2-7,9H,8,17H2,1H3,(H,18,19). The second-order valence-corrected chi connectivity index (χ2v) is 6.04. The van der Waals surface area contributed by atoms with Gasteiger partial charge in [0.15, 0.2) is 6.10 Å². The van der Waals surface area contributed by atoms with Crippen LogP contribution >= 0.6 is 22.9 Å². The smallest absolute Gasteiger partial charge is 0.341 e. The lowest BCUT2D eigenvalue weighted by Crippen LogP contribution is -2.35. The molecule has 116 valence electrons. The molecule has 2 rings (SSSR count). The molecule has 1 aromatic carbocycles. The molecule has 3 N–H and O–H groups in total. The number of hydrogen-bond donors (Lipinski definition) is 2. The average Bonchev–Trinajstić information content (AvgIpc) is 2.97. The zero-order chi connectivity index (χ0) is 16.1. The van der Waals surface area contributed by atoms with Crippen molar-refractivity contribution >= 4 is 40.5 Å². The van der Waals surface area contributed by atoms with Crippen molar-refractivity contribution in [1.82, 2.24) is 5.32 Å². The highest BCUT2D eigenvalue weighted by atomic mass is 35.5. The SMILES string of the molecule is CC(OC(=O)c1ccc(Cl)cc1N)C(=O)NCc1cccs1. The Balaban J connectivity index is 1.91. The molecule has 1 amide bonds. The predicted octanol–water partition coefficient (Wildman–Crippen LogP) is 2.85. The molecule has 0 fully saturated rings. The third-order valence-corrected chi connectivity index (χ3v) is 4.02. The molecule has 5 nitrogen and oxygen atoms in total. The first-order valence-corrected chi connectivity index (χ1v) is 7.79. The Morgan fingerprint density at radius 3 is 2.82 bits per heavy atom. The van der Waals surface area contributed by atoms with Crippen molar-refractivity contribution in [2.75, 3.05) is 5.73 Å². The predicted molar refractivity (Wildman–Crippen MR) is 86.9 cm³/mol. The van der Waals surface area contributed by atoms with Gasteiger partial charge in [0.25, 0.3) is 5.91 Å². The highest BCUT2D eigenvalue weighted by molar-refractivity contribution is 7.09. The molecular formula is C15H15ClN2O3S. The molecule has 1 unspecified atom stereocenters. The summed E-state index contributed by atoms with van der Waals surface area (Å²) in [5.74, 6) is -1.03. The Bertz CT molecular complexity index is 673. The number of nitrogens with two attached hydrogens (primary N) is 1. The van der Waals surface area contributed by atoms with Gasteiger partial charge in [0, 0.05) is 15.6 Å². The van der Waals surface area contributed by atoms with Crippen molar-refractivity contribution in [2.24, 2.45) is 0 Å². The van der Waals surface area contributed by atoms with Crippen LogP contribution in [0.1, 0.15) is 22.2 Å². The molecule has 1 aromatic heterocycles. The Morgan fingerprint density at radius 1 is 1.41 bits per heavy atom. The van der Waals surface area contributed by atoms with Crippen molar-refractivity contribution in [3.05, 3.63) is 51.2 Å². The van der Waals surface area contributed by atoms with Crippen molar-refractivity contribution < 1.29 is 14.3 Å². The van der Waals surface area contributed by atoms with Gasteiger partial charge < -0.3 is 15.8 Å². The summed E-state index contributed by atoms with van der Waals surface area (Å²) in [5, 5.41) is 5.06. The first-order valence-electron chi connectivity index (χ1n) is 6.53. The lowest BCUT2D eigenvalue weighted by atomic mass is 10.2. The largest absolute Gasteiger partial charge is 0.449 e. The molecule has 0 saturated carbocycles. The number of ether oxygens (including phenoxy) is 1. The van der Waals surface area contributed by atoms with E-state index in [1.165, 1.54) is 36.5 Å². The minimum atomic E-state index is -0.914. The van der Waals surface area contributed by atoms with Gasteiger partial charge in [-0.3, -0.25) is 4.79 Å². The number of nitrogens with one attached hydrogen (secondary N) is 1. The summed E-state index contributed by atoms with van der Waals surface area (Å²) >= 11 is 7.31. The van der Waals surface area contributed by atoms with Gasteiger partial charge in [-0.15, -0.1) is 11.3 Å². The molecular weight excluding hydrogens is 324 g/mol. The minimum absolute atomic E-state index is 0.183. The Labute approximate surface area is 137 Å². The maximum atomic E-state index is 12.0. The van der Waals surface area contributed by atoms with Crippen LogP contribution in [0.25, 0.3) is 0 Å². The van der Waals surface area contributed by atoms with Gasteiger partial charge in [-0.2, -0.15) is 0 Å².